The van der Waals surface area contributed by atoms with Crippen LogP contribution in [0, 0.1) is 0 Å². The third-order valence-electron chi connectivity index (χ3n) is 4.09. The monoisotopic (exact) mass is 360 g/mol. The smallest absolute Gasteiger partial charge is 0.234 e. The minimum Gasteiger partial charge on any atom is -0.454 e. The number of hydrogen-bond donors (Lipinski definition) is 1. The number of carbonyl (C=O) groups excluding carboxylic acids is 1. The molecule has 0 spiro atoms. The number of amides is 1. The Morgan fingerprint density at radius 2 is 2.00 bits per heavy atom. The van der Waals surface area contributed by atoms with Gasteiger partial charge in [0.25, 0.3) is 0 Å². The molecule has 3 rings (SSSR count). The molecule has 25 heavy (non-hydrogen) atoms. The normalized spacial score (nSPS) is 12.4. The fourth-order valence-corrected chi connectivity index (χ4v) is 2.87. The van der Waals surface area contributed by atoms with Crippen LogP contribution in [0.4, 0.5) is 0 Å². The van der Waals surface area contributed by atoms with Crippen LogP contribution in [0.15, 0.2) is 42.5 Å². The lowest BCUT2D eigenvalue weighted by Gasteiger charge is -2.20. The average molecular weight is 361 g/mol. The molecule has 0 aromatic heterocycles. The summed E-state index contributed by atoms with van der Waals surface area (Å²) in [4.78, 5) is 14.3. The van der Waals surface area contributed by atoms with Gasteiger partial charge in [0, 0.05) is 18.1 Å². The number of benzene rings is 2. The first-order valence-electron chi connectivity index (χ1n) is 8.26. The van der Waals surface area contributed by atoms with Gasteiger partial charge in [0.2, 0.25) is 12.7 Å². The van der Waals surface area contributed by atoms with E-state index in [1.54, 1.807) is 0 Å². The molecule has 5 nitrogen and oxygen atoms in total. The summed E-state index contributed by atoms with van der Waals surface area (Å²) in [5.74, 6) is 1.50. The van der Waals surface area contributed by atoms with Crippen LogP contribution in [0.5, 0.6) is 11.5 Å². The second-order valence-electron chi connectivity index (χ2n) is 5.86. The molecule has 0 fully saturated rings. The Bertz CT molecular complexity index is 751. The molecule has 1 aliphatic heterocycles. The van der Waals surface area contributed by atoms with Crippen molar-refractivity contribution in [3.05, 3.63) is 58.6 Å². The number of halogens is 1. The van der Waals surface area contributed by atoms with Gasteiger partial charge in [-0.1, -0.05) is 42.8 Å². The number of nitrogens with one attached hydrogen (secondary N) is 1. The quantitative estimate of drug-likeness (QED) is 0.823. The molecule has 2 aromatic rings. The van der Waals surface area contributed by atoms with Crippen LogP contribution in [-0.4, -0.2) is 30.7 Å². The van der Waals surface area contributed by atoms with Crippen molar-refractivity contribution in [2.75, 3.05) is 19.9 Å². The van der Waals surface area contributed by atoms with Crippen molar-refractivity contribution in [2.24, 2.45) is 0 Å². The van der Waals surface area contributed by atoms with Gasteiger partial charge >= 0.3 is 0 Å². The third kappa shape index (κ3) is 4.65. The van der Waals surface area contributed by atoms with Crippen molar-refractivity contribution < 1.29 is 14.3 Å². The van der Waals surface area contributed by atoms with Crippen LogP contribution in [0.2, 0.25) is 5.02 Å². The lowest BCUT2D eigenvalue weighted by molar-refractivity contribution is -0.122. The summed E-state index contributed by atoms with van der Waals surface area (Å²) < 4.78 is 10.7. The maximum Gasteiger partial charge on any atom is 0.234 e. The van der Waals surface area contributed by atoms with E-state index in [1.807, 2.05) is 49.4 Å². The summed E-state index contributed by atoms with van der Waals surface area (Å²) >= 11 is 6.11. The van der Waals surface area contributed by atoms with Gasteiger partial charge in [0.1, 0.15) is 0 Å². The molecule has 132 valence electrons. The highest BCUT2D eigenvalue weighted by Crippen LogP contribution is 2.32. The van der Waals surface area contributed by atoms with Crippen molar-refractivity contribution in [2.45, 2.75) is 20.0 Å². The Hall–Kier alpha value is -2.24. The number of carbonyl (C=O) groups is 1. The zero-order valence-electron chi connectivity index (χ0n) is 14.1. The second-order valence-corrected chi connectivity index (χ2v) is 6.27. The summed E-state index contributed by atoms with van der Waals surface area (Å²) in [6.07, 6.45) is 0. The van der Waals surface area contributed by atoms with Crippen LogP contribution in [0.25, 0.3) is 0 Å². The van der Waals surface area contributed by atoms with E-state index in [0.29, 0.717) is 24.7 Å². The maximum absolute atomic E-state index is 12.2. The summed E-state index contributed by atoms with van der Waals surface area (Å²) in [5, 5.41) is 3.58. The molecule has 1 amide bonds. The summed E-state index contributed by atoms with van der Waals surface area (Å²) in [6, 6.07) is 13.4. The fourth-order valence-electron chi connectivity index (χ4n) is 2.67. The van der Waals surface area contributed by atoms with E-state index in [2.05, 4.69) is 10.2 Å². The number of rotatable bonds is 7. The number of likely N-dealkylation sites (N-methyl/N-ethyl adjacent to an activating group) is 1. The highest BCUT2D eigenvalue weighted by Gasteiger charge is 2.15. The summed E-state index contributed by atoms with van der Waals surface area (Å²) in [6.45, 7) is 4.51. The summed E-state index contributed by atoms with van der Waals surface area (Å²) in [7, 11) is 0. The van der Waals surface area contributed by atoms with E-state index >= 15 is 0 Å². The lowest BCUT2D eigenvalue weighted by atomic mass is 10.2. The highest BCUT2D eigenvalue weighted by molar-refractivity contribution is 6.31. The van der Waals surface area contributed by atoms with Gasteiger partial charge in [-0.2, -0.15) is 0 Å². The van der Waals surface area contributed by atoms with E-state index in [9.17, 15) is 4.79 Å². The number of ether oxygens (including phenoxy) is 2. The Labute approximate surface area is 152 Å². The van der Waals surface area contributed by atoms with Crippen molar-refractivity contribution in [1.82, 2.24) is 10.2 Å². The maximum atomic E-state index is 12.2. The Morgan fingerprint density at radius 3 is 2.80 bits per heavy atom. The molecule has 0 saturated carbocycles. The van der Waals surface area contributed by atoms with Crippen molar-refractivity contribution in [3.63, 3.8) is 0 Å². The molecule has 6 heteroatoms. The van der Waals surface area contributed by atoms with Crippen LogP contribution in [0.1, 0.15) is 18.1 Å². The highest BCUT2D eigenvalue weighted by atomic mass is 35.5. The number of fused-ring (bicyclic) bond motifs is 1. The first-order valence-corrected chi connectivity index (χ1v) is 8.64. The largest absolute Gasteiger partial charge is 0.454 e. The summed E-state index contributed by atoms with van der Waals surface area (Å²) in [5.41, 5.74) is 2.00. The third-order valence-corrected chi connectivity index (χ3v) is 4.46. The van der Waals surface area contributed by atoms with Gasteiger partial charge in [-0.3, -0.25) is 9.69 Å². The SMILES string of the molecule is CCN(CC(=O)NCc1ccccc1Cl)Cc1ccc2c(c1)OCO2. The number of hydrogen-bond acceptors (Lipinski definition) is 4. The zero-order chi connectivity index (χ0) is 17.6. The minimum absolute atomic E-state index is 0.0255. The number of nitrogens with zero attached hydrogens (tertiary/aromatic N) is 1. The molecular formula is C19H21ClN2O3. The first kappa shape index (κ1) is 17.6. The molecule has 2 aromatic carbocycles. The van der Waals surface area contributed by atoms with Crippen LogP contribution in [0.3, 0.4) is 0 Å². The molecule has 0 unspecified atom stereocenters. The predicted octanol–water partition coefficient (Wildman–Crippen LogP) is 3.21. The average Bonchev–Trinajstić information content (AvgIpc) is 3.08. The molecule has 0 saturated heterocycles. The Kier molecular flexibility index (Phi) is 5.79. The van der Waals surface area contributed by atoms with E-state index in [1.165, 1.54) is 0 Å². The minimum atomic E-state index is -0.0255. The molecule has 1 heterocycles. The van der Waals surface area contributed by atoms with Gasteiger partial charge in [-0.25, -0.2) is 0 Å². The zero-order valence-corrected chi connectivity index (χ0v) is 14.9. The van der Waals surface area contributed by atoms with E-state index in [4.69, 9.17) is 21.1 Å². The van der Waals surface area contributed by atoms with E-state index in [-0.39, 0.29) is 12.7 Å². The van der Waals surface area contributed by atoms with Gasteiger partial charge in [0.05, 0.1) is 6.54 Å². The molecule has 0 aliphatic carbocycles. The predicted molar refractivity (Wildman–Crippen MR) is 96.8 cm³/mol. The molecule has 1 N–H and O–H groups in total. The van der Waals surface area contributed by atoms with Crippen molar-refractivity contribution in [3.8, 4) is 11.5 Å². The molecule has 1 aliphatic rings. The van der Waals surface area contributed by atoms with Crippen LogP contribution < -0.4 is 14.8 Å². The fraction of sp³-hybridized carbons (Fsp3) is 0.316. The van der Waals surface area contributed by atoms with Gasteiger partial charge < -0.3 is 14.8 Å². The molecule has 0 bridgehead atoms. The van der Waals surface area contributed by atoms with Crippen LogP contribution >= 0.6 is 11.6 Å². The van der Waals surface area contributed by atoms with Gasteiger partial charge in [-0.15, -0.1) is 0 Å². The van der Waals surface area contributed by atoms with Crippen molar-refractivity contribution >= 4 is 17.5 Å². The second kappa shape index (κ2) is 8.23. The van der Waals surface area contributed by atoms with Gasteiger partial charge in [0.15, 0.2) is 11.5 Å². The molecule has 0 atom stereocenters. The van der Waals surface area contributed by atoms with Crippen molar-refractivity contribution in [1.29, 1.82) is 0 Å². The van der Waals surface area contributed by atoms with Crippen LogP contribution in [-0.2, 0) is 17.9 Å². The van der Waals surface area contributed by atoms with E-state index < -0.39 is 0 Å². The first-order chi connectivity index (χ1) is 12.2. The Balaban J connectivity index is 1.53. The standard InChI is InChI=1S/C19H21ClN2O3/c1-2-22(11-14-7-8-17-18(9-14)25-13-24-17)12-19(23)21-10-15-5-3-4-6-16(15)20/h3-9H,2,10-13H2,1H3,(H,21,23). The molecule has 0 radical (unpaired) electrons. The lowest BCUT2D eigenvalue weighted by Crippen LogP contribution is -2.36. The molecular weight excluding hydrogens is 340 g/mol. The Morgan fingerprint density at radius 1 is 1.20 bits per heavy atom. The van der Waals surface area contributed by atoms with Gasteiger partial charge in [-0.05, 0) is 35.9 Å². The topological polar surface area (TPSA) is 50.8 Å². The van der Waals surface area contributed by atoms with E-state index in [0.717, 1.165) is 29.2 Å².